The number of aliphatic hydroxyl groups is 1. The Bertz CT molecular complexity index is 686. The molecule has 1 aromatic carbocycles. The SMILES string of the molecule is C=CCn1c(SCC(O)COc2ccc(F)cc2)nnc1C1CC1. The molecule has 0 spiro atoms. The van der Waals surface area contributed by atoms with Crippen molar-refractivity contribution in [2.45, 2.75) is 36.6 Å². The molecule has 24 heavy (non-hydrogen) atoms. The van der Waals surface area contributed by atoms with Crippen molar-refractivity contribution in [1.82, 2.24) is 14.8 Å². The van der Waals surface area contributed by atoms with Gasteiger partial charge >= 0.3 is 0 Å². The van der Waals surface area contributed by atoms with Crippen molar-refractivity contribution >= 4 is 11.8 Å². The Kier molecular flexibility index (Phi) is 5.52. The smallest absolute Gasteiger partial charge is 0.191 e. The fourth-order valence-electron chi connectivity index (χ4n) is 2.29. The summed E-state index contributed by atoms with van der Waals surface area (Å²) in [5.41, 5.74) is 0. The lowest BCUT2D eigenvalue weighted by Gasteiger charge is -2.12. The largest absolute Gasteiger partial charge is 0.491 e. The quantitative estimate of drug-likeness (QED) is 0.557. The maximum Gasteiger partial charge on any atom is 0.191 e. The minimum atomic E-state index is -0.654. The van der Waals surface area contributed by atoms with Crippen LogP contribution in [0, 0.1) is 5.82 Å². The number of nitrogens with zero attached hydrogens (tertiary/aromatic N) is 3. The Hall–Kier alpha value is -1.86. The Morgan fingerprint density at radius 3 is 2.79 bits per heavy atom. The van der Waals surface area contributed by atoms with Crippen molar-refractivity contribution < 1.29 is 14.2 Å². The summed E-state index contributed by atoms with van der Waals surface area (Å²) in [6, 6.07) is 5.73. The van der Waals surface area contributed by atoms with Crippen LogP contribution < -0.4 is 4.74 Å². The summed E-state index contributed by atoms with van der Waals surface area (Å²) in [5.74, 6) is 2.19. The van der Waals surface area contributed by atoms with Crippen LogP contribution in [0.2, 0.25) is 0 Å². The third-order valence-electron chi connectivity index (χ3n) is 3.66. The lowest BCUT2D eigenvalue weighted by Crippen LogP contribution is -2.20. The molecule has 1 aliphatic carbocycles. The summed E-state index contributed by atoms with van der Waals surface area (Å²) in [5, 5.41) is 19.4. The zero-order chi connectivity index (χ0) is 16.9. The van der Waals surface area contributed by atoms with E-state index in [2.05, 4.69) is 21.3 Å². The monoisotopic (exact) mass is 349 g/mol. The van der Waals surface area contributed by atoms with E-state index < -0.39 is 6.10 Å². The summed E-state index contributed by atoms with van der Waals surface area (Å²) in [6.07, 6.45) is 3.49. The predicted molar refractivity (Wildman–Crippen MR) is 90.8 cm³/mol. The average molecular weight is 349 g/mol. The van der Waals surface area contributed by atoms with Crippen LogP contribution in [0.15, 0.2) is 42.1 Å². The van der Waals surface area contributed by atoms with Crippen molar-refractivity contribution in [2.24, 2.45) is 0 Å². The van der Waals surface area contributed by atoms with Gasteiger partial charge in [-0.2, -0.15) is 0 Å². The molecule has 1 aliphatic rings. The molecule has 1 fully saturated rings. The summed E-state index contributed by atoms with van der Waals surface area (Å²) in [6.45, 7) is 4.59. The minimum Gasteiger partial charge on any atom is -0.491 e. The van der Waals surface area contributed by atoms with Crippen LogP contribution in [-0.2, 0) is 6.54 Å². The van der Waals surface area contributed by atoms with Gasteiger partial charge in [-0.3, -0.25) is 0 Å². The van der Waals surface area contributed by atoms with Crippen molar-refractivity contribution in [1.29, 1.82) is 0 Å². The van der Waals surface area contributed by atoms with E-state index in [-0.39, 0.29) is 12.4 Å². The standard InChI is InChI=1S/C17H20FN3O2S/c1-2-9-21-16(12-3-4-12)19-20-17(21)24-11-14(22)10-23-15-7-5-13(18)6-8-15/h2,5-8,12,14,22H,1,3-4,9-11H2. The van der Waals surface area contributed by atoms with E-state index in [9.17, 15) is 9.50 Å². The number of thioether (sulfide) groups is 1. The van der Waals surface area contributed by atoms with Gasteiger partial charge in [0.25, 0.3) is 0 Å². The van der Waals surface area contributed by atoms with Crippen LogP contribution in [0.4, 0.5) is 4.39 Å². The van der Waals surface area contributed by atoms with E-state index in [0.717, 1.165) is 23.8 Å². The topological polar surface area (TPSA) is 60.2 Å². The first-order valence-electron chi connectivity index (χ1n) is 7.90. The van der Waals surface area contributed by atoms with E-state index in [1.807, 2.05) is 6.08 Å². The molecule has 0 bridgehead atoms. The molecule has 0 saturated heterocycles. The highest BCUT2D eigenvalue weighted by molar-refractivity contribution is 7.99. The summed E-state index contributed by atoms with van der Waals surface area (Å²) in [7, 11) is 0. The summed E-state index contributed by atoms with van der Waals surface area (Å²) in [4.78, 5) is 0. The molecular weight excluding hydrogens is 329 g/mol. The average Bonchev–Trinajstić information content (AvgIpc) is 3.35. The molecule has 7 heteroatoms. The fourth-order valence-corrected chi connectivity index (χ4v) is 3.15. The van der Waals surface area contributed by atoms with Crippen LogP contribution in [0.3, 0.4) is 0 Å². The maximum absolute atomic E-state index is 12.8. The van der Waals surface area contributed by atoms with Gasteiger partial charge in [-0.1, -0.05) is 17.8 Å². The molecule has 1 heterocycles. The van der Waals surface area contributed by atoms with E-state index in [1.165, 1.54) is 36.0 Å². The molecule has 1 N–H and O–H groups in total. The van der Waals surface area contributed by atoms with E-state index in [4.69, 9.17) is 4.74 Å². The summed E-state index contributed by atoms with van der Waals surface area (Å²) < 4.78 is 20.3. The van der Waals surface area contributed by atoms with Crippen LogP contribution >= 0.6 is 11.8 Å². The molecule has 2 aromatic rings. The van der Waals surface area contributed by atoms with Crippen molar-refractivity contribution in [2.75, 3.05) is 12.4 Å². The molecule has 1 atom stereocenters. The van der Waals surface area contributed by atoms with Gasteiger partial charge in [0, 0.05) is 18.2 Å². The van der Waals surface area contributed by atoms with Gasteiger partial charge in [0.05, 0.1) is 6.10 Å². The highest BCUT2D eigenvalue weighted by atomic mass is 32.2. The Morgan fingerprint density at radius 1 is 1.38 bits per heavy atom. The Morgan fingerprint density at radius 2 is 2.12 bits per heavy atom. The molecule has 128 valence electrons. The number of hydrogen-bond donors (Lipinski definition) is 1. The van der Waals surface area contributed by atoms with Gasteiger partial charge in [-0.15, -0.1) is 16.8 Å². The second-order valence-corrected chi connectivity index (χ2v) is 6.73. The molecular formula is C17H20FN3O2S. The molecule has 3 rings (SSSR count). The van der Waals surface area contributed by atoms with Gasteiger partial charge in [-0.05, 0) is 37.1 Å². The van der Waals surface area contributed by atoms with Gasteiger partial charge in [-0.25, -0.2) is 4.39 Å². The van der Waals surface area contributed by atoms with Gasteiger partial charge in [0.15, 0.2) is 5.16 Å². The number of ether oxygens (including phenoxy) is 1. The van der Waals surface area contributed by atoms with E-state index in [0.29, 0.717) is 24.0 Å². The zero-order valence-electron chi connectivity index (χ0n) is 13.3. The first kappa shape index (κ1) is 17.0. The third kappa shape index (κ3) is 4.36. The number of hydrogen-bond acceptors (Lipinski definition) is 5. The van der Waals surface area contributed by atoms with Crippen molar-refractivity contribution in [3.8, 4) is 5.75 Å². The Labute approximate surface area is 144 Å². The number of rotatable bonds is 9. The van der Waals surface area contributed by atoms with Gasteiger partial charge < -0.3 is 14.4 Å². The number of aliphatic hydroxyl groups excluding tert-OH is 1. The maximum atomic E-state index is 12.8. The van der Waals surface area contributed by atoms with Gasteiger partial charge in [0.1, 0.15) is 24.0 Å². The van der Waals surface area contributed by atoms with Crippen LogP contribution in [-0.4, -0.2) is 38.3 Å². The minimum absolute atomic E-state index is 0.143. The first-order valence-corrected chi connectivity index (χ1v) is 8.89. The van der Waals surface area contributed by atoms with E-state index in [1.54, 1.807) is 0 Å². The Balaban J connectivity index is 1.51. The van der Waals surface area contributed by atoms with Crippen LogP contribution in [0.5, 0.6) is 5.75 Å². The zero-order valence-corrected chi connectivity index (χ0v) is 14.1. The predicted octanol–water partition coefficient (Wildman–Crippen LogP) is 3.01. The second kappa shape index (κ2) is 7.81. The number of aromatic nitrogens is 3. The first-order chi connectivity index (χ1) is 11.7. The fraction of sp³-hybridized carbons (Fsp3) is 0.412. The van der Waals surface area contributed by atoms with E-state index >= 15 is 0 Å². The number of halogens is 1. The highest BCUT2D eigenvalue weighted by Crippen LogP contribution is 2.40. The third-order valence-corrected chi connectivity index (χ3v) is 4.77. The van der Waals surface area contributed by atoms with Crippen LogP contribution in [0.25, 0.3) is 0 Å². The van der Waals surface area contributed by atoms with Crippen molar-refractivity contribution in [3.63, 3.8) is 0 Å². The molecule has 1 aromatic heterocycles. The molecule has 1 unspecified atom stereocenters. The lowest BCUT2D eigenvalue weighted by atomic mass is 10.3. The normalized spacial score (nSPS) is 15.2. The highest BCUT2D eigenvalue weighted by Gasteiger charge is 2.30. The number of benzene rings is 1. The molecule has 0 radical (unpaired) electrons. The summed E-state index contributed by atoms with van der Waals surface area (Å²) >= 11 is 1.45. The second-order valence-electron chi connectivity index (χ2n) is 5.74. The van der Waals surface area contributed by atoms with Crippen molar-refractivity contribution in [3.05, 3.63) is 48.6 Å². The number of allylic oxidation sites excluding steroid dienone is 1. The lowest BCUT2D eigenvalue weighted by molar-refractivity contribution is 0.126. The van der Waals surface area contributed by atoms with Crippen LogP contribution in [0.1, 0.15) is 24.6 Å². The molecule has 0 aliphatic heterocycles. The molecule has 5 nitrogen and oxygen atoms in total. The molecule has 0 amide bonds. The molecule has 1 saturated carbocycles. The van der Waals surface area contributed by atoms with Gasteiger partial charge in [0.2, 0.25) is 0 Å².